The molecule has 1 atom stereocenters. The number of benzene rings is 2. The lowest BCUT2D eigenvalue weighted by atomic mass is 10.0. The molecule has 0 spiro atoms. The third-order valence-corrected chi connectivity index (χ3v) is 3.43. The first-order chi connectivity index (χ1) is 9.88. The molecule has 0 bridgehead atoms. The fourth-order valence-corrected chi connectivity index (χ4v) is 2.26. The third-order valence-electron chi connectivity index (χ3n) is 3.43. The minimum absolute atomic E-state index is 0.316. The highest BCUT2D eigenvalue weighted by Gasteiger charge is 2.14. The highest BCUT2D eigenvalue weighted by atomic mass is 19.1. The van der Waals surface area contributed by atoms with Crippen LogP contribution in [0.5, 0.6) is 11.5 Å². The monoisotopic (exact) mass is 288 g/mol. The van der Waals surface area contributed by atoms with Gasteiger partial charge in [0.2, 0.25) is 0 Å². The molecule has 0 radical (unpaired) electrons. The topological polar surface area (TPSA) is 29.5 Å². The number of aliphatic hydroxyl groups excluding tert-OH is 1. The molecular weight excluding hydrogens is 267 g/mol. The van der Waals surface area contributed by atoms with E-state index in [2.05, 4.69) is 13.8 Å². The molecule has 2 nitrogen and oxygen atoms in total. The minimum Gasteiger partial charge on any atom is -0.457 e. The summed E-state index contributed by atoms with van der Waals surface area (Å²) in [5, 5.41) is 9.79. The van der Waals surface area contributed by atoms with Gasteiger partial charge in [-0.1, -0.05) is 26.0 Å². The molecule has 0 aliphatic heterocycles. The van der Waals surface area contributed by atoms with Crippen LogP contribution in [0.4, 0.5) is 4.39 Å². The first kappa shape index (κ1) is 15.5. The van der Waals surface area contributed by atoms with Crippen molar-refractivity contribution >= 4 is 0 Å². The van der Waals surface area contributed by atoms with E-state index in [0.29, 0.717) is 17.2 Å². The van der Waals surface area contributed by atoms with Gasteiger partial charge in [0.25, 0.3) is 0 Å². The number of rotatable bonds is 4. The van der Waals surface area contributed by atoms with Crippen LogP contribution in [-0.4, -0.2) is 5.11 Å². The molecule has 0 aliphatic rings. The van der Waals surface area contributed by atoms with E-state index < -0.39 is 6.10 Å². The van der Waals surface area contributed by atoms with Crippen molar-refractivity contribution in [3.05, 3.63) is 58.9 Å². The van der Waals surface area contributed by atoms with Crippen molar-refractivity contribution in [1.82, 2.24) is 0 Å². The van der Waals surface area contributed by atoms with Gasteiger partial charge in [-0.25, -0.2) is 4.39 Å². The lowest BCUT2D eigenvalue weighted by Crippen LogP contribution is -2.00. The molecule has 0 aliphatic carbocycles. The first-order valence-electron chi connectivity index (χ1n) is 7.14. The van der Waals surface area contributed by atoms with Crippen LogP contribution >= 0.6 is 0 Å². The molecule has 1 N–H and O–H groups in total. The summed E-state index contributed by atoms with van der Waals surface area (Å²) < 4.78 is 19.3. The maximum atomic E-state index is 13.4. The summed E-state index contributed by atoms with van der Waals surface area (Å²) in [6.45, 7) is 7.79. The van der Waals surface area contributed by atoms with Gasteiger partial charge in [0.15, 0.2) is 0 Å². The summed E-state index contributed by atoms with van der Waals surface area (Å²) in [5.41, 5.74) is 2.63. The van der Waals surface area contributed by atoms with E-state index >= 15 is 0 Å². The third kappa shape index (κ3) is 3.61. The van der Waals surface area contributed by atoms with Crippen molar-refractivity contribution in [3.63, 3.8) is 0 Å². The molecule has 0 fully saturated rings. The average molecular weight is 288 g/mol. The lowest BCUT2D eigenvalue weighted by molar-refractivity contribution is 0.195. The lowest BCUT2D eigenvalue weighted by Gasteiger charge is -2.17. The molecule has 0 saturated heterocycles. The van der Waals surface area contributed by atoms with Gasteiger partial charge in [-0.2, -0.15) is 0 Å². The minimum atomic E-state index is -0.789. The standard InChI is InChI=1S/C18H21FO2/c1-11(2)15-7-5-12(3)9-18(15)21-17-8-6-14(19)10-16(17)13(4)20/h5-11,13,20H,1-4H3/t13-/m0/s1. The molecular formula is C18H21FO2. The van der Waals surface area contributed by atoms with E-state index in [9.17, 15) is 9.50 Å². The Morgan fingerprint density at radius 1 is 0.952 bits per heavy atom. The van der Waals surface area contributed by atoms with Gasteiger partial charge in [0.05, 0.1) is 6.10 Å². The number of hydrogen-bond acceptors (Lipinski definition) is 2. The fourth-order valence-electron chi connectivity index (χ4n) is 2.26. The van der Waals surface area contributed by atoms with E-state index in [-0.39, 0.29) is 5.82 Å². The zero-order valence-electron chi connectivity index (χ0n) is 12.9. The predicted octanol–water partition coefficient (Wildman–Crippen LogP) is 5.10. The second-order valence-corrected chi connectivity index (χ2v) is 5.66. The second-order valence-electron chi connectivity index (χ2n) is 5.66. The van der Waals surface area contributed by atoms with Gasteiger partial charge in [-0.05, 0) is 55.2 Å². The van der Waals surface area contributed by atoms with E-state index in [1.54, 1.807) is 13.0 Å². The molecule has 2 rings (SSSR count). The number of aliphatic hydroxyl groups is 1. The molecule has 2 aromatic rings. The number of halogens is 1. The van der Waals surface area contributed by atoms with Crippen LogP contribution < -0.4 is 4.74 Å². The van der Waals surface area contributed by atoms with E-state index in [1.165, 1.54) is 12.1 Å². The molecule has 0 amide bonds. The molecule has 0 unspecified atom stereocenters. The normalized spacial score (nSPS) is 12.5. The Morgan fingerprint density at radius 3 is 2.29 bits per heavy atom. The van der Waals surface area contributed by atoms with Crippen molar-refractivity contribution in [2.75, 3.05) is 0 Å². The van der Waals surface area contributed by atoms with Crippen LogP contribution in [-0.2, 0) is 0 Å². The molecule has 0 aromatic heterocycles. The van der Waals surface area contributed by atoms with Crippen LogP contribution in [0.15, 0.2) is 36.4 Å². The molecule has 21 heavy (non-hydrogen) atoms. The quantitative estimate of drug-likeness (QED) is 0.847. The van der Waals surface area contributed by atoms with Gasteiger partial charge >= 0.3 is 0 Å². The Bertz CT molecular complexity index is 633. The van der Waals surface area contributed by atoms with Crippen molar-refractivity contribution in [2.45, 2.75) is 39.7 Å². The summed E-state index contributed by atoms with van der Waals surface area (Å²) in [5.74, 6) is 1.17. The van der Waals surface area contributed by atoms with Crippen LogP contribution in [0.2, 0.25) is 0 Å². The van der Waals surface area contributed by atoms with Crippen LogP contribution in [0.1, 0.15) is 49.5 Å². The van der Waals surface area contributed by atoms with Crippen LogP contribution in [0.3, 0.4) is 0 Å². The van der Waals surface area contributed by atoms with Gasteiger partial charge in [0.1, 0.15) is 17.3 Å². The predicted molar refractivity (Wildman–Crippen MR) is 82.4 cm³/mol. The SMILES string of the molecule is Cc1ccc(C(C)C)c(Oc2ccc(F)cc2[C@H](C)O)c1. The number of hydrogen-bond donors (Lipinski definition) is 1. The van der Waals surface area contributed by atoms with Gasteiger partial charge < -0.3 is 9.84 Å². The zero-order valence-corrected chi connectivity index (χ0v) is 12.9. The Balaban J connectivity index is 2.45. The van der Waals surface area contributed by atoms with E-state index in [0.717, 1.165) is 16.9 Å². The fraction of sp³-hybridized carbons (Fsp3) is 0.333. The van der Waals surface area contributed by atoms with Gasteiger partial charge in [-0.15, -0.1) is 0 Å². The van der Waals surface area contributed by atoms with Crippen molar-refractivity contribution in [3.8, 4) is 11.5 Å². The molecule has 2 aromatic carbocycles. The zero-order chi connectivity index (χ0) is 15.6. The summed E-state index contributed by atoms with van der Waals surface area (Å²) in [7, 11) is 0. The Kier molecular flexibility index (Phi) is 4.63. The summed E-state index contributed by atoms with van der Waals surface area (Å²) in [4.78, 5) is 0. The summed E-state index contributed by atoms with van der Waals surface area (Å²) >= 11 is 0. The molecule has 0 heterocycles. The highest BCUT2D eigenvalue weighted by molar-refractivity contribution is 5.45. The summed E-state index contributed by atoms with van der Waals surface area (Å²) in [6, 6.07) is 10.3. The second kappa shape index (κ2) is 6.27. The van der Waals surface area contributed by atoms with Crippen molar-refractivity contribution in [1.29, 1.82) is 0 Å². The van der Waals surface area contributed by atoms with E-state index in [1.807, 2.05) is 25.1 Å². The highest BCUT2D eigenvalue weighted by Crippen LogP contribution is 2.35. The van der Waals surface area contributed by atoms with Crippen molar-refractivity contribution in [2.24, 2.45) is 0 Å². The maximum absolute atomic E-state index is 13.4. The van der Waals surface area contributed by atoms with Gasteiger partial charge in [0, 0.05) is 5.56 Å². The Hall–Kier alpha value is -1.87. The molecule has 3 heteroatoms. The Labute approximate surface area is 125 Å². The van der Waals surface area contributed by atoms with Crippen LogP contribution in [0, 0.1) is 12.7 Å². The first-order valence-corrected chi connectivity index (χ1v) is 7.14. The van der Waals surface area contributed by atoms with Crippen molar-refractivity contribution < 1.29 is 14.2 Å². The molecule has 112 valence electrons. The van der Waals surface area contributed by atoms with Crippen LogP contribution in [0.25, 0.3) is 0 Å². The Morgan fingerprint density at radius 2 is 1.67 bits per heavy atom. The maximum Gasteiger partial charge on any atom is 0.133 e. The number of ether oxygens (including phenoxy) is 1. The molecule has 0 saturated carbocycles. The van der Waals surface area contributed by atoms with Gasteiger partial charge in [-0.3, -0.25) is 0 Å². The smallest absolute Gasteiger partial charge is 0.133 e. The summed E-state index contributed by atoms with van der Waals surface area (Å²) in [6.07, 6.45) is -0.789. The largest absolute Gasteiger partial charge is 0.457 e. The average Bonchev–Trinajstić information content (AvgIpc) is 2.40. The number of aryl methyl sites for hydroxylation is 1. The van der Waals surface area contributed by atoms with E-state index in [4.69, 9.17) is 4.74 Å².